The molecule has 0 aromatic heterocycles. The molecule has 0 saturated carbocycles. The zero-order valence-corrected chi connectivity index (χ0v) is 18.4. The van der Waals surface area contributed by atoms with E-state index in [4.69, 9.17) is 4.74 Å². The summed E-state index contributed by atoms with van der Waals surface area (Å²) in [4.78, 5) is 12.1. The first kappa shape index (κ1) is 26.5. The second kappa shape index (κ2) is 9.59. The molecule has 0 aliphatic heterocycles. The summed E-state index contributed by atoms with van der Waals surface area (Å²) in [6.07, 6.45) is -10.2. The van der Waals surface area contributed by atoms with Gasteiger partial charge in [-0.25, -0.2) is 8.42 Å². The Morgan fingerprint density at radius 3 is 2.00 bits per heavy atom. The third-order valence-corrected chi connectivity index (χ3v) is 5.88. The highest BCUT2D eigenvalue weighted by Gasteiger charge is 2.37. The molecule has 0 aliphatic rings. The molecule has 0 unspecified atom stereocenters. The topological polar surface area (TPSA) is 84.5 Å². The van der Waals surface area contributed by atoms with Gasteiger partial charge in [0, 0.05) is 5.69 Å². The molecule has 0 heterocycles. The van der Waals surface area contributed by atoms with Gasteiger partial charge in [-0.1, -0.05) is 0 Å². The number of benzene rings is 2. The van der Waals surface area contributed by atoms with Crippen LogP contribution in [0.1, 0.15) is 30.5 Å². The number of alkyl halides is 6. The summed E-state index contributed by atoms with van der Waals surface area (Å²) >= 11 is 0. The Balaban J connectivity index is 2.24. The zero-order chi connectivity index (χ0) is 25.2. The van der Waals surface area contributed by atoms with Gasteiger partial charge < -0.3 is 10.1 Å². The van der Waals surface area contributed by atoms with Gasteiger partial charge >= 0.3 is 12.4 Å². The third kappa shape index (κ3) is 6.84. The second-order valence-corrected chi connectivity index (χ2v) is 8.70. The first-order chi connectivity index (χ1) is 15.0. The third-order valence-electron chi connectivity index (χ3n) is 4.34. The number of anilines is 1. The van der Waals surface area contributed by atoms with Gasteiger partial charge in [0.25, 0.3) is 0 Å². The standard InChI is InChI=1S/C20H20F6N2O4S/c1-4-32-17-6-5-16(7-11(17)2)33(30,31)28-12(3)18(29)27-15-9-13(19(21,22)23)8-14(10-15)20(24,25)26/h5-10,12,28H,4H2,1-3H3,(H,27,29)/t12-/m1/s1. The molecule has 6 nitrogen and oxygen atoms in total. The molecule has 2 aromatic carbocycles. The maximum Gasteiger partial charge on any atom is 0.416 e. The van der Waals surface area contributed by atoms with Crippen molar-refractivity contribution >= 4 is 21.6 Å². The quantitative estimate of drug-likeness (QED) is 0.541. The van der Waals surface area contributed by atoms with Gasteiger partial charge in [-0.3, -0.25) is 4.79 Å². The maximum absolute atomic E-state index is 13.0. The summed E-state index contributed by atoms with van der Waals surface area (Å²) in [5.74, 6) is -0.707. The van der Waals surface area contributed by atoms with Gasteiger partial charge in [0.15, 0.2) is 0 Å². The smallest absolute Gasteiger partial charge is 0.416 e. The van der Waals surface area contributed by atoms with Crippen LogP contribution >= 0.6 is 0 Å². The average molecular weight is 498 g/mol. The second-order valence-electron chi connectivity index (χ2n) is 6.99. The maximum atomic E-state index is 13.0. The molecule has 2 N–H and O–H groups in total. The van der Waals surface area contributed by atoms with Gasteiger partial charge in [0.05, 0.1) is 28.7 Å². The highest BCUT2D eigenvalue weighted by molar-refractivity contribution is 7.89. The van der Waals surface area contributed by atoms with E-state index in [0.717, 1.165) is 6.92 Å². The minimum Gasteiger partial charge on any atom is -0.494 e. The lowest BCUT2D eigenvalue weighted by Crippen LogP contribution is -2.41. The number of carbonyl (C=O) groups excluding carboxylic acids is 1. The normalized spacial score (nSPS) is 13.5. The fourth-order valence-corrected chi connectivity index (χ4v) is 4.03. The van der Waals surface area contributed by atoms with Crippen LogP contribution in [0.2, 0.25) is 0 Å². The average Bonchev–Trinajstić information content (AvgIpc) is 2.67. The van der Waals surface area contributed by atoms with E-state index < -0.39 is 51.1 Å². The molecule has 1 atom stereocenters. The van der Waals surface area contributed by atoms with Crippen molar-refractivity contribution in [2.75, 3.05) is 11.9 Å². The first-order valence-electron chi connectivity index (χ1n) is 9.40. The van der Waals surface area contributed by atoms with Gasteiger partial charge in [-0.15, -0.1) is 0 Å². The van der Waals surface area contributed by atoms with Crippen LogP contribution in [0.5, 0.6) is 5.75 Å². The lowest BCUT2D eigenvalue weighted by molar-refractivity contribution is -0.143. The molecular weight excluding hydrogens is 478 g/mol. The summed E-state index contributed by atoms with van der Waals surface area (Å²) < 4.78 is 110. The Kier molecular flexibility index (Phi) is 7.69. The Labute approximate surface area is 186 Å². The SMILES string of the molecule is CCOc1ccc(S(=O)(=O)N[C@H](C)C(=O)Nc2cc(C(F)(F)F)cc(C(F)(F)F)c2)cc1C. The zero-order valence-electron chi connectivity index (χ0n) is 17.6. The lowest BCUT2D eigenvalue weighted by Gasteiger charge is -2.17. The number of aryl methyl sites for hydroxylation is 1. The number of ether oxygens (including phenoxy) is 1. The summed E-state index contributed by atoms with van der Waals surface area (Å²) in [6, 6.07) is 2.98. The van der Waals surface area contributed by atoms with Crippen LogP contribution in [0.15, 0.2) is 41.3 Å². The van der Waals surface area contributed by atoms with Crippen LogP contribution in [-0.2, 0) is 27.2 Å². The van der Waals surface area contributed by atoms with E-state index in [2.05, 4.69) is 0 Å². The molecule has 0 spiro atoms. The van der Waals surface area contributed by atoms with Crippen molar-refractivity contribution < 1.29 is 44.3 Å². The molecule has 13 heteroatoms. The molecule has 0 bridgehead atoms. The molecule has 2 aromatic rings. The van der Waals surface area contributed by atoms with Crippen molar-refractivity contribution in [1.82, 2.24) is 4.72 Å². The summed E-state index contributed by atoms with van der Waals surface area (Å²) in [5.41, 5.74) is -3.53. The Morgan fingerprint density at radius 1 is 1.00 bits per heavy atom. The fraction of sp³-hybridized carbons (Fsp3) is 0.350. The number of hydrogen-bond acceptors (Lipinski definition) is 4. The Hall–Kier alpha value is -2.80. The van der Waals surface area contributed by atoms with Crippen LogP contribution in [0.25, 0.3) is 0 Å². The molecular formula is C20H20F6N2O4S. The number of hydrogen-bond donors (Lipinski definition) is 2. The number of carbonyl (C=O) groups is 1. The molecule has 2 rings (SSSR count). The number of nitrogens with one attached hydrogen (secondary N) is 2. The highest BCUT2D eigenvalue weighted by Crippen LogP contribution is 2.37. The van der Waals surface area contributed by atoms with Gasteiger partial charge in [0.1, 0.15) is 5.75 Å². The molecule has 33 heavy (non-hydrogen) atoms. The number of sulfonamides is 1. The van der Waals surface area contributed by atoms with E-state index in [1.165, 1.54) is 18.2 Å². The molecule has 182 valence electrons. The number of rotatable bonds is 7. The van der Waals surface area contributed by atoms with E-state index in [1.807, 2.05) is 10.0 Å². The Morgan fingerprint density at radius 2 is 1.55 bits per heavy atom. The van der Waals surface area contributed by atoms with Crippen molar-refractivity contribution in [2.24, 2.45) is 0 Å². The minimum absolute atomic E-state index is 0.0873. The molecule has 0 radical (unpaired) electrons. The fourth-order valence-electron chi connectivity index (χ4n) is 2.74. The van der Waals surface area contributed by atoms with Crippen molar-refractivity contribution in [1.29, 1.82) is 0 Å². The summed E-state index contributed by atoms with van der Waals surface area (Å²) in [6.45, 7) is 4.79. The van der Waals surface area contributed by atoms with Gasteiger partial charge in [0.2, 0.25) is 15.9 Å². The van der Waals surface area contributed by atoms with E-state index in [1.54, 1.807) is 13.8 Å². The van der Waals surface area contributed by atoms with E-state index >= 15 is 0 Å². The summed E-state index contributed by atoms with van der Waals surface area (Å²) in [7, 11) is -4.24. The highest BCUT2D eigenvalue weighted by atomic mass is 32.2. The molecule has 0 saturated heterocycles. The van der Waals surface area contributed by atoms with E-state index in [0.29, 0.717) is 30.1 Å². The van der Waals surface area contributed by atoms with Crippen molar-refractivity contribution in [3.05, 3.63) is 53.1 Å². The lowest BCUT2D eigenvalue weighted by atomic mass is 10.1. The minimum atomic E-state index is -5.10. The van der Waals surface area contributed by atoms with Crippen LogP contribution in [-0.4, -0.2) is 27.0 Å². The van der Waals surface area contributed by atoms with Crippen LogP contribution in [0, 0.1) is 6.92 Å². The van der Waals surface area contributed by atoms with Crippen molar-refractivity contribution in [2.45, 2.75) is 44.1 Å². The monoisotopic (exact) mass is 498 g/mol. The van der Waals surface area contributed by atoms with Gasteiger partial charge in [-0.2, -0.15) is 31.1 Å². The van der Waals surface area contributed by atoms with E-state index in [-0.39, 0.29) is 11.0 Å². The number of halogens is 6. The first-order valence-corrected chi connectivity index (χ1v) is 10.9. The predicted molar refractivity (Wildman–Crippen MR) is 107 cm³/mol. The van der Waals surface area contributed by atoms with Gasteiger partial charge in [-0.05, 0) is 62.7 Å². The molecule has 0 fully saturated rings. The van der Waals surface area contributed by atoms with Crippen LogP contribution < -0.4 is 14.8 Å². The molecule has 0 aliphatic carbocycles. The van der Waals surface area contributed by atoms with Crippen molar-refractivity contribution in [3.8, 4) is 5.75 Å². The molecule has 1 amide bonds. The van der Waals surface area contributed by atoms with Crippen LogP contribution in [0.4, 0.5) is 32.0 Å². The van der Waals surface area contributed by atoms with Crippen LogP contribution in [0.3, 0.4) is 0 Å². The van der Waals surface area contributed by atoms with Crippen molar-refractivity contribution in [3.63, 3.8) is 0 Å². The predicted octanol–water partition coefficient (Wildman–Crippen LogP) is 4.74. The Bertz CT molecular complexity index is 1100. The largest absolute Gasteiger partial charge is 0.494 e. The number of amides is 1. The summed E-state index contributed by atoms with van der Waals surface area (Å²) in [5, 5.41) is 1.89. The van der Waals surface area contributed by atoms with E-state index in [9.17, 15) is 39.6 Å².